The van der Waals surface area contributed by atoms with Crippen LogP contribution in [0, 0.1) is 5.92 Å². The fraction of sp³-hybridized carbons (Fsp3) is 0.350. The lowest BCUT2D eigenvalue weighted by atomic mass is 10.1. The van der Waals surface area contributed by atoms with Crippen LogP contribution in [0.2, 0.25) is 0 Å². The van der Waals surface area contributed by atoms with Gasteiger partial charge in [0.15, 0.2) is 0 Å². The molecule has 4 nitrogen and oxygen atoms in total. The molecule has 2 rings (SSSR count). The van der Waals surface area contributed by atoms with Crippen molar-refractivity contribution >= 4 is 11.6 Å². The van der Waals surface area contributed by atoms with E-state index in [1.54, 1.807) is 12.1 Å². The first-order valence-electron chi connectivity index (χ1n) is 8.35. The van der Waals surface area contributed by atoms with E-state index in [0.29, 0.717) is 36.1 Å². The number of carbonyl (C=O) groups is 1. The Bertz CT molecular complexity index is 667. The SMILES string of the molecule is CCOc1cccc(NC(=O)c2cccc(OCCC(C)C)c2)c1. The van der Waals surface area contributed by atoms with Crippen LogP contribution in [-0.4, -0.2) is 19.1 Å². The van der Waals surface area contributed by atoms with Gasteiger partial charge in [0.25, 0.3) is 5.91 Å². The number of rotatable bonds is 8. The Labute approximate surface area is 143 Å². The summed E-state index contributed by atoms with van der Waals surface area (Å²) in [4.78, 5) is 12.4. The van der Waals surface area contributed by atoms with E-state index in [-0.39, 0.29) is 5.91 Å². The second-order valence-corrected chi connectivity index (χ2v) is 5.97. The zero-order chi connectivity index (χ0) is 17.4. The summed E-state index contributed by atoms with van der Waals surface area (Å²) in [6, 6.07) is 14.6. The first-order valence-corrected chi connectivity index (χ1v) is 8.35. The van der Waals surface area contributed by atoms with Crippen LogP contribution in [0.5, 0.6) is 11.5 Å². The number of nitrogens with one attached hydrogen (secondary N) is 1. The Morgan fingerprint density at radius 1 is 1.04 bits per heavy atom. The number of carbonyl (C=O) groups excluding carboxylic acids is 1. The van der Waals surface area contributed by atoms with Crippen molar-refractivity contribution in [1.82, 2.24) is 0 Å². The molecule has 0 atom stereocenters. The monoisotopic (exact) mass is 327 g/mol. The summed E-state index contributed by atoms with van der Waals surface area (Å²) >= 11 is 0. The van der Waals surface area contributed by atoms with Crippen molar-refractivity contribution in [1.29, 1.82) is 0 Å². The fourth-order valence-electron chi connectivity index (χ4n) is 2.17. The third kappa shape index (κ3) is 5.61. The lowest BCUT2D eigenvalue weighted by Crippen LogP contribution is -2.12. The van der Waals surface area contributed by atoms with Crippen molar-refractivity contribution in [3.8, 4) is 11.5 Å². The van der Waals surface area contributed by atoms with Crippen LogP contribution in [0.25, 0.3) is 0 Å². The maximum Gasteiger partial charge on any atom is 0.255 e. The molecule has 1 N–H and O–H groups in total. The van der Waals surface area contributed by atoms with Crippen molar-refractivity contribution in [2.75, 3.05) is 18.5 Å². The van der Waals surface area contributed by atoms with Crippen molar-refractivity contribution in [2.24, 2.45) is 5.92 Å². The van der Waals surface area contributed by atoms with E-state index in [2.05, 4.69) is 19.2 Å². The molecule has 0 heterocycles. The molecule has 0 saturated carbocycles. The smallest absolute Gasteiger partial charge is 0.255 e. The quantitative estimate of drug-likeness (QED) is 0.760. The predicted octanol–water partition coefficient (Wildman–Crippen LogP) is 4.76. The minimum atomic E-state index is -0.169. The molecule has 0 bridgehead atoms. The lowest BCUT2D eigenvalue weighted by molar-refractivity contribution is 0.102. The number of amides is 1. The number of hydrogen-bond acceptors (Lipinski definition) is 3. The van der Waals surface area contributed by atoms with Gasteiger partial charge in [0.05, 0.1) is 13.2 Å². The summed E-state index contributed by atoms with van der Waals surface area (Å²) in [6.07, 6.45) is 0.987. The average molecular weight is 327 g/mol. The molecule has 0 radical (unpaired) electrons. The summed E-state index contributed by atoms with van der Waals surface area (Å²) in [5.41, 5.74) is 1.27. The molecule has 0 fully saturated rings. The highest BCUT2D eigenvalue weighted by Gasteiger charge is 2.08. The summed E-state index contributed by atoms with van der Waals surface area (Å²) in [5, 5.41) is 2.88. The van der Waals surface area contributed by atoms with Gasteiger partial charge in [-0.25, -0.2) is 0 Å². The lowest BCUT2D eigenvalue weighted by Gasteiger charge is -2.10. The predicted molar refractivity (Wildman–Crippen MR) is 97.0 cm³/mol. The maximum atomic E-state index is 12.4. The minimum absolute atomic E-state index is 0.169. The largest absolute Gasteiger partial charge is 0.494 e. The van der Waals surface area contributed by atoms with Gasteiger partial charge in [0.2, 0.25) is 0 Å². The minimum Gasteiger partial charge on any atom is -0.494 e. The molecule has 0 aliphatic carbocycles. The Kier molecular flexibility index (Phi) is 6.67. The number of benzene rings is 2. The van der Waals surface area contributed by atoms with Crippen LogP contribution in [0.3, 0.4) is 0 Å². The van der Waals surface area contributed by atoms with Crippen molar-refractivity contribution in [2.45, 2.75) is 27.2 Å². The van der Waals surface area contributed by atoms with Crippen LogP contribution < -0.4 is 14.8 Å². The Hall–Kier alpha value is -2.49. The maximum absolute atomic E-state index is 12.4. The first-order chi connectivity index (χ1) is 11.6. The molecule has 24 heavy (non-hydrogen) atoms. The van der Waals surface area contributed by atoms with E-state index in [0.717, 1.165) is 12.2 Å². The van der Waals surface area contributed by atoms with Crippen LogP contribution in [0.1, 0.15) is 37.6 Å². The first kappa shape index (κ1) is 17.9. The second-order valence-electron chi connectivity index (χ2n) is 5.97. The van der Waals surface area contributed by atoms with E-state index in [1.807, 2.05) is 43.3 Å². The molecule has 4 heteroatoms. The summed E-state index contributed by atoms with van der Waals surface area (Å²) in [5.74, 6) is 1.87. The van der Waals surface area contributed by atoms with Gasteiger partial charge in [-0.1, -0.05) is 26.0 Å². The molecule has 0 unspecified atom stereocenters. The van der Waals surface area contributed by atoms with E-state index in [1.165, 1.54) is 0 Å². The molecule has 0 saturated heterocycles. The van der Waals surface area contributed by atoms with Crippen LogP contribution in [0.15, 0.2) is 48.5 Å². The van der Waals surface area contributed by atoms with Crippen LogP contribution in [0.4, 0.5) is 5.69 Å². The van der Waals surface area contributed by atoms with Gasteiger partial charge in [0.1, 0.15) is 11.5 Å². The molecular formula is C20H25NO3. The Morgan fingerprint density at radius 2 is 1.75 bits per heavy atom. The van der Waals surface area contributed by atoms with Gasteiger partial charge in [-0.3, -0.25) is 4.79 Å². The standard InChI is InChI=1S/C20H25NO3/c1-4-23-19-10-6-8-17(14-19)21-20(22)16-7-5-9-18(13-16)24-12-11-15(2)3/h5-10,13-15H,4,11-12H2,1-3H3,(H,21,22). The van der Waals surface area contributed by atoms with Gasteiger partial charge >= 0.3 is 0 Å². The van der Waals surface area contributed by atoms with E-state index in [4.69, 9.17) is 9.47 Å². The zero-order valence-electron chi connectivity index (χ0n) is 14.5. The van der Waals surface area contributed by atoms with Crippen molar-refractivity contribution in [3.63, 3.8) is 0 Å². The molecule has 2 aromatic carbocycles. The van der Waals surface area contributed by atoms with E-state index >= 15 is 0 Å². The second kappa shape index (κ2) is 8.96. The van der Waals surface area contributed by atoms with Gasteiger partial charge in [0, 0.05) is 17.3 Å². The molecule has 0 aliphatic heterocycles. The summed E-state index contributed by atoms with van der Waals surface area (Å²) in [6.45, 7) is 7.48. The van der Waals surface area contributed by atoms with Crippen LogP contribution in [-0.2, 0) is 0 Å². The molecule has 0 aromatic heterocycles. The topological polar surface area (TPSA) is 47.6 Å². The summed E-state index contributed by atoms with van der Waals surface area (Å²) < 4.78 is 11.2. The molecular weight excluding hydrogens is 302 g/mol. The van der Waals surface area contributed by atoms with E-state index < -0.39 is 0 Å². The average Bonchev–Trinajstić information content (AvgIpc) is 2.55. The van der Waals surface area contributed by atoms with Gasteiger partial charge in [-0.15, -0.1) is 0 Å². The van der Waals surface area contributed by atoms with Crippen molar-refractivity contribution < 1.29 is 14.3 Å². The number of anilines is 1. The molecule has 0 aliphatic rings. The molecule has 1 amide bonds. The highest BCUT2D eigenvalue weighted by atomic mass is 16.5. The molecule has 2 aromatic rings. The van der Waals surface area contributed by atoms with Gasteiger partial charge < -0.3 is 14.8 Å². The normalized spacial score (nSPS) is 10.5. The number of ether oxygens (including phenoxy) is 2. The molecule has 128 valence electrons. The third-order valence-electron chi connectivity index (χ3n) is 3.46. The number of hydrogen-bond donors (Lipinski definition) is 1. The van der Waals surface area contributed by atoms with E-state index in [9.17, 15) is 4.79 Å². The van der Waals surface area contributed by atoms with Gasteiger partial charge in [-0.05, 0) is 49.6 Å². The Morgan fingerprint density at radius 3 is 2.46 bits per heavy atom. The third-order valence-corrected chi connectivity index (χ3v) is 3.46. The van der Waals surface area contributed by atoms with Crippen molar-refractivity contribution in [3.05, 3.63) is 54.1 Å². The fourth-order valence-corrected chi connectivity index (χ4v) is 2.17. The highest BCUT2D eigenvalue weighted by Crippen LogP contribution is 2.19. The molecule has 0 spiro atoms. The zero-order valence-corrected chi connectivity index (χ0v) is 14.5. The summed E-state index contributed by atoms with van der Waals surface area (Å²) in [7, 11) is 0. The van der Waals surface area contributed by atoms with Crippen LogP contribution >= 0.6 is 0 Å². The highest BCUT2D eigenvalue weighted by molar-refractivity contribution is 6.04. The van der Waals surface area contributed by atoms with Gasteiger partial charge in [-0.2, -0.15) is 0 Å². The Balaban J connectivity index is 2.00.